The van der Waals surface area contributed by atoms with Gasteiger partial charge < -0.3 is 0 Å². The number of aryl methyl sites for hydroxylation is 4. The van der Waals surface area contributed by atoms with Gasteiger partial charge in [0.15, 0.2) is 8.07 Å². The summed E-state index contributed by atoms with van der Waals surface area (Å²) in [5, 5.41) is 6.11. The van der Waals surface area contributed by atoms with Gasteiger partial charge in [-0.25, -0.2) is 0 Å². The molecule has 1 heteroatoms. The molecule has 0 N–H and O–H groups in total. The maximum absolute atomic E-state index is 2.45. The third-order valence-electron chi connectivity index (χ3n) is 6.13. The summed E-state index contributed by atoms with van der Waals surface area (Å²) in [7, 11) is -2.36. The Balaban J connectivity index is 2.18. The molecule has 0 fully saturated rings. The molecule has 1 aliphatic rings. The molecule has 29 heavy (non-hydrogen) atoms. The van der Waals surface area contributed by atoms with Crippen molar-refractivity contribution in [2.45, 2.75) is 41.0 Å². The maximum Gasteiger partial charge on any atom is 0.176 e. The van der Waals surface area contributed by atoms with Gasteiger partial charge >= 0.3 is 0 Å². The van der Waals surface area contributed by atoms with Gasteiger partial charge in [0.05, 0.1) is 0 Å². The van der Waals surface area contributed by atoms with Crippen LogP contribution in [0.1, 0.15) is 35.6 Å². The first-order valence-corrected chi connectivity index (χ1v) is 12.5. The van der Waals surface area contributed by atoms with E-state index in [9.17, 15) is 0 Å². The first kappa shape index (κ1) is 19.7. The van der Waals surface area contributed by atoms with E-state index in [1.165, 1.54) is 43.4 Å². The van der Waals surface area contributed by atoms with Crippen LogP contribution in [0.3, 0.4) is 0 Å². The van der Waals surface area contributed by atoms with Crippen LogP contribution in [0.5, 0.6) is 0 Å². The predicted octanol–water partition coefficient (Wildman–Crippen LogP) is 5.21. The van der Waals surface area contributed by atoms with Gasteiger partial charge in [-0.2, -0.15) is 0 Å². The topological polar surface area (TPSA) is 0 Å². The summed E-state index contributed by atoms with van der Waals surface area (Å²) >= 11 is 0. The molecule has 1 aliphatic carbocycles. The molecule has 146 valence electrons. The highest BCUT2D eigenvalue weighted by atomic mass is 28.3. The van der Waals surface area contributed by atoms with E-state index < -0.39 is 8.07 Å². The minimum absolute atomic E-state index is 1.05. The number of hydrogen-bond donors (Lipinski definition) is 0. The van der Waals surface area contributed by atoms with Crippen molar-refractivity contribution in [1.82, 2.24) is 0 Å². The van der Waals surface area contributed by atoms with Gasteiger partial charge in [-0.1, -0.05) is 112 Å². The van der Waals surface area contributed by atoms with Crippen LogP contribution < -0.4 is 15.6 Å². The van der Waals surface area contributed by atoms with Gasteiger partial charge in [0.2, 0.25) is 0 Å². The average Bonchev–Trinajstić information content (AvgIpc) is 3.08. The molecule has 0 saturated carbocycles. The van der Waals surface area contributed by atoms with Crippen LogP contribution in [0.4, 0.5) is 0 Å². The van der Waals surface area contributed by atoms with Gasteiger partial charge in [0.25, 0.3) is 0 Å². The van der Waals surface area contributed by atoms with Crippen molar-refractivity contribution in [2.75, 3.05) is 0 Å². The highest BCUT2D eigenvalue weighted by molar-refractivity contribution is 7.16. The zero-order valence-electron chi connectivity index (χ0n) is 18.2. The van der Waals surface area contributed by atoms with Crippen molar-refractivity contribution >= 4 is 23.6 Å². The monoisotopic (exact) mass is 394 g/mol. The summed E-state index contributed by atoms with van der Waals surface area (Å²) < 4.78 is 0. The summed E-state index contributed by atoms with van der Waals surface area (Å²) in [5.41, 5.74) is 6.84. The van der Waals surface area contributed by atoms with Gasteiger partial charge in [-0.05, 0) is 56.6 Å². The molecular formula is C28H30Si. The van der Waals surface area contributed by atoms with E-state index >= 15 is 0 Å². The molecule has 0 aliphatic heterocycles. The Kier molecular flexibility index (Phi) is 5.18. The van der Waals surface area contributed by atoms with Crippen molar-refractivity contribution in [3.8, 4) is 0 Å². The average molecular weight is 395 g/mol. The van der Waals surface area contributed by atoms with Crippen LogP contribution in [0.25, 0.3) is 0 Å². The second kappa shape index (κ2) is 7.65. The van der Waals surface area contributed by atoms with E-state index in [4.69, 9.17) is 0 Å². The van der Waals surface area contributed by atoms with Gasteiger partial charge in [-0.15, -0.1) is 0 Å². The third kappa shape index (κ3) is 3.45. The fourth-order valence-electron chi connectivity index (χ4n) is 5.16. The Morgan fingerprint density at radius 1 is 0.586 bits per heavy atom. The highest BCUT2D eigenvalue weighted by Gasteiger charge is 2.44. The van der Waals surface area contributed by atoms with Crippen LogP contribution in [0.2, 0.25) is 0 Å². The second-order valence-electron chi connectivity index (χ2n) is 8.64. The molecule has 4 rings (SSSR count). The number of hydrogen-bond acceptors (Lipinski definition) is 0. The zero-order valence-corrected chi connectivity index (χ0v) is 19.2. The first-order chi connectivity index (χ1) is 13.9. The minimum atomic E-state index is -2.36. The van der Waals surface area contributed by atoms with E-state index in [1.54, 1.807) is 5.20 Å². The Labute approximate surface area is 176 Å². The molecule has 0 saturated heterocycles. The number of rotatable bonds is 4. The van der Waals surface area contributed by atoms with Crippen molar-refractivity contribution in [2.24, 2.45) is 0 Å². The molecule has 0 nitrogen and oxygen atoms in total. The van der Waals surface area contributed by atoms with Crippen LogP contribution in [-0.4, -0.2) is 8.07 Å². The van der Waals surface area contributed by atoms with E-state index in [-0.39, 0.29) is 0 Å². The summed E-state index contributed by atoms with van der Waals surface area (Å²) in [4.78, 5) is 0. The lowest BCUT2D eigenvalue weighted by Crippen LogP contribution is -2.69. The number of allylic oxidation sites excluding steroid dienone is 4. The first-order valence-electron chi connectivity index (χ1n) is 10.5. The lowest BCUT2D eigenvalue weighted by atomic mass is 10.1. The predicted molar refractivity (Wildman–Crippen MR) is 129 cm³/mol. The lowest BCUT2D eigenvalue weighted by molar-refractivity contribution is 1.33. The quantitative estimate of drug-likeness (QED) is 0.421. The molecule has 3 aromatic carbocycles. The second-order valence-corrected chi connectivity index (χ2v) is 12.5. The smallest absolute Gasteiger partial charge is 0.0806 e. The summed E-state index contributed by atoms with van der Waals surface area (Å²) in [5.74, 6) is 0. The SMILES string of the molecule is CC1=C([Si](c2ccccc2)(c2cc(C)cc(C)c2)c2cc(C)cc(C)c2)CC=C1. The van der Waals surface area contributed by atoms with E-state index in [1.807, 2.05) is 0 Å². The van der Waals surface area contributed by atoms with E-state index in [0.717, 1.165) is 6.42 Å². The summed E-state index contributed by atoms with van der Waals surface area (Å²) in [6.45, 7) is 11.2. The molecule has 0 radical (unpaired) electrons. The highest BCUT2D eigenvalue weighted by Crippen LogP contribution is 2.29. The van der Waals surface area contributed by atoms with Gasteiger partial charge in [0, 0.05) is 0 Å². The third-order valence-corrected chi connectivity index (χ3v) is 11.1. The molecule has 0 atom stereocenters. The van der Waals surface area contributed by atoms with Crippen LogP contribution in [0, 0.1) is 27.7 Å². The van der Waals surface area contributed by atoms with Crippen molar-refractivity contribution < 1.29 is 0 Å². The van der Waals surface area contributed by atoms with E-state index in [2.05, 4.69) is 114 Å². The van der Waals surface area contributed by atoms with Crippen molar-refractivity contribution in [3.05, 3.63) is 112 Å². The Bertz CT molecular complexity index is 1020. The molecule has 0 spiro atoms. The Hall–Kier alpha value is -2.64. The standard InChI is InChI=1S/C28H30Si/c1-20-14-21(2)17-26(16-20)29(25-11-7-6-8-12-25,28-13-9-10-24(28)5)27-18-22(3)15-23(4)19-27/h6-12,14-19H,13H2,1-5H3. The molecule has 0 unspecified atom stereocenters. The van der Waals surface area contributed by atoms with Crippen molar-refractivity contribution in [1.29, 1.82) is 0 Å². The Morgan fingerprint density at radius 2 is 1.07 bits per heavy atom. The Morgan fingerprint density at radius 3 is 1.48 bits per heavy atom. The van der Waals surface area contributed by atoms with Crippen LogP contribution in [0.15, 0.2) is 89.7 Å². The van der Waals surface area contributed by atoms with Crippen LogP contribution in [-0.2, 0) is 0 Å². The van der Waals surface area contributed by atoms with Gasteiger partial charge in [-0.3, -0.25) is 0 Å². The molecule has 3 aromatic rings. The maximum atomic E-state index is 2.45. The summed E-state index contributed by atoms with van der Waals surface area (Å²) in [6, 6.07) is 25.7. The largest absolute Gasteiger partial charge is 0.176 e. The molecule has 0 amide bonds. The minimum Gasteiger partial charge on any atom is -0.0806 e. The molecule has 0 bridgehead atoms. The van der Waals surface area contributed by atoms with Gasteiger partial charge in [0.1, 0.15) is 0 Å². The van der Waals surface area contributed by atoms with E-state index in [0.29, 0.717) is 0 Å². The summed E-state index contributed by atoms with van der Waals surface area (Å²) in [6.07, 6.45) is 5.72. The molecule has 0 aromatic heterocycles. The lowest BCUT2D eigenvalue weighted by Gasteiger charge is -2.37. The molecular weight excluding hydrogens is 364 g/mol. The normalized spacial score (nSPS) is 14.0. The number of benzene rings is 3. The van der Waals surface area contributed by atoms with Crippen molar-refractivity contribution in [3.63, 3.8) is 0 Å². The van der Waals surface area contributed by atoms with Crippen LogP contribution >= 0.6 is 0 Å². The fourth-order valence-corrected chi connectivity index (χ4v) is 10.8. The zero-order chi connectivity index (χ0) is 20.6. The molecule has 0 heterocycles. The fraction of sp³-hybridized carbons (Fsp3) is 0.214.